The van der Waals surface area contributed by atoms with Crippen molar-refractivity contribution in [1.29, 1.82) is 0 Å². The monoisotopic (exact) mass is 348 g/mol. The van der Waals surface area contributed by atoms with Gasteiger partial charge in [-0.05, 0) is 68.8 Å². The van der Waals surface area contributed by atoms with Gasteiger partial charge in [0.25, 0.3) is 5.91 Å². The number of nitrogens with zero attached hydrogens (tertiary/aromatic N) is 1. The molecule has 124 valence electrons. The molecule has 3 nitrogen and oxygen atoms in total. The van der Waals surface area contributed by atoms with Crippen molar-refractivity contribution in [2.45, 2.75) is 44.3 Å². The second kappa shape index (κ2) is 6.99. The molecule has 1 N–H and O–H groups in total. The van der Waals surface area contributed by atoms with E-state index in [0.717, 1.165) is 23.7 Å². The Bertz CT molecular complexity index is 629. The van der Waals surface area contributed by atoms with E-state index in [2.05, 4.69) is 16.3 Å². The van der Waals surface area contributed by atoms with E-state index >= 15 is 0 Å². The number of fused-ring (bicyclic) bond motifs is 3. The van der Waals surface area contributed by atoms with Crippen molar-refractivity contribution in [3.05, 3.63) is 25.8 Å². The van der Waals surface area contributed by atoms with E-state index in [4.69, 9.17) is 0 Å². The fraction of sp³-hybridized carbons (Fsp3) is 0.611. The van der Waals surface area contributed by atoms with Crippen LogP contribution in [0.5, 0.6) is 0 Å². The van der Waals surface area contributed by atoms with Crippen LogP contribution in [0.4, 0.5) is 0 Å². The zero-order chi connectivity index (χ0) is 15.6. The van der Waals surface area contributed by atoms with E-state index in [1.807, 2.05) is 11.3 Å². The highest BCUT2D eigenvalue weighted by Crippen LogP contribution is 2.42. The van der Waals surface area contributed by atoms with Crippen molar-refractivity contribution < 1.29 is 4.79 Å². The van der Waals surface area contributed by atoms with Crippen LogP contribution in [0.25, 0.3) is 6.08 Å². The standard InChI is InChI=1S/C18H24N2OS2/c21-18(19-7-10-20-8-3-4-9-20)17-11-16-14(12-22-17)13-5-1-2-6-15(13)23-16/h11H,1-10,12H2,(H,19,21). The maximum Gasteiger partial charge on any atom is 0.257 e. The molecule has 4 rings (SSSR count). The molecule has 0 atom stereocenters. The highest BCUT2D eigenvalue weighted by Gasteiger charge is 2.25. The lowest BCUT2D eigenvalue weighted by molar-refractivity contribution is -0.116. The number of rotatable bonds is 4. The van der Waals surface area contributed by atoms with Crippen LogP contribution < -0.4 is 5.32 Å². The van der Waals surface area contributed by atoms with Gasteiger partial charge in [0.05, 0.1) is 4.91 Å². The predicted molar refractivity (Wildman–Crippen MR) is 98.9 cm³/mol. The van der Waals surface area contributed by atoms with E-state index in [-0.39, 0.29) is 5.91 Å². The maximum absolute atomic E-state index is 12.4. The summed E-state index contributed by atoms with van der Waals surface area (Å²) in [6, 6.07) is 0. The summed E-state index contributed by atoms with van der Waals surface area (Å²) in [4.78, 5) is 18.7. The lowest BCUT2D eigenvalue weighted by Gasteiger charge is -2.17. The van der Waals surface area contributed by atoms with Gasteiger partial charge in [0, 0.05) is 28.6 Å². The minimum atomic E-state index is 0.117. The van der Waals surface area contributed by atoms with Gasteiger partial charge in [-0.25, -0.2) is 0 Å². The van der Waals surface area contributed by atoms with E-state index in [1.54, 1.807) is 22.2 Å². The molecule has 0 radical (unpaired) electrons. The van der Waals surface area contributed by atoms with Gasteiger partial charge < -0.3 is 10.2 Å². The summed E-state index contributed by atoms with van der Waals surface area (Å²) in [6.07, 6.45) is 9.89. The maximum atomic E-state index is 12.4. The summed E-state index contributed by atoms with van der Waals surface area (Å²) in [5.74, 6) is 1.10. The quantitative estimate of drug-likeness (QED) is 0.905. The van der Waals surface area contributed by atoms with Crippen LogP contribution in [0.15, 0.2) is 4.91 Å². The Hall–Kier alpha value is -0.780. The number of amides is 1. The molecule has 1 aromatic heterocycles. The summed E-state index contributed by atoms with van der Waals surface area (Å²) in [5, 5.41) is 3.11. The molecule has 3 heterocycles. The molecule has 1 fully saturated rings. The van der Waals surface area contributed by atoms with Crippen molar-refractivity contribution in [2.24, 2.45) is 0 Å². The molecule has 0 saturated carbocycles. The van der Waals surface area contributed by atoms with Crippen LogP contribution in [-0.2, 0) is 23.4 Å². The van der Waals surface area contributed by atoms with Crippen LogP contribution >= 0.6 is 23.1 Å². The number of carbonyl (C=O) groups excluding carboxylic acids is 1. The molecule has 3 aliphatic rings. The average Bonchev–Trinajstić information content (AvgIpc) is 3.21. The Kier molecular flexibility index (Phi) is 4.78. The molecule has 0 aromatic carbocycles. The molecule has 0 spiro atoms. The Morgan fingerprint density at radius 2 is 1.96 bits per heavy atom. The predicted octanol–water partition coefficient (Wildman–Crippen LogP) is 3.43. The van der Waals surface area contributed by atoms with Crippen molar-refractivity contribution in [1.82, 2.24) is 10.2 Å². The largest absolute Gasteiger partial charge is 0.350 e. The smallest absolute Gasteiger partial charge is 0.257 e. The molecule has 1 aromatic rings. The highest BCUT2D eigenvalue weighted by molar-refractivity contribution is 8.03. The first-order chi connectivity index (χ1) is 11.3. The van der Waals surface area contributed by atoms with Gasteiger partial charge >= 0.3 is 0 Å². The summed E-state index contributed by atoms with van der Waals surface area (Å²) in [7, 11) is 0. The summed E-state index contributed by atoms with van der Waals surface area (Å²) < 4.78 is 0. The number of likely N-dealkylation sites (tertiary alicyclic amines) is 1. The number of aryl methyl sites for hydroxylation is 1. The number of carbonyl (C=O) groups is 1. The first kappa shape index (κ1) is 15.7. The Balaban J connectivity index is 1.39. The Morgan fingerprint density at radius 1 is 1.13 bits per heavy atom. The van der Waals surface area contributed by atoms with Crippen LogP contribution in [0, 0.1) is 0 Å². The van der Waals surface area contributed by atoms with Gasteiger partial charge in [-0.2, -0.15) is 0 Å². The average molecular weight is 349 g/mol. The summed E-state index contributed by atoms with van der Waals surface area (Å²) in [5.41, 5.74) is 3.12. The third kappa shape index (κ3) is 3.37. The second-order valence-corrected chi connectivity index (χ2v) is 8.81. The van der Waals surface area contributed by atoms with Crippen molar-refractivity contribution >= 4 is 35.1 Å². The minimum absolute atomic E-state index is 0.117. The Morgan fingerprint density at radius 3 is 2.83 bits per heavy atom. The van der Waals surface area contributed by atoms with Crippen LogP contribution in [0.1, 0.15) is 46.6 Å². The number of thioether (sulfide) groups is 1. The first-order valence-corrected chi connectivity index (χ1v) is 10.6. The first-order valence-electron chi connectivity index (χ1n) is 8.80. The lowest BCUT2D eigenvalue weighted by Crippen LogP contribution is -2.33. The molecule has 0 unspecified atom stereocenters. The number of nitrogens with one attached hydrogen (secondary N) is 1. The molecular formula is C18H24N2OS2. The molecule has 0 bridgehead atoms. The Labute approximate surface area is 146 Å². The number of hydrogen-bond acceptors (Lipinski definition) is 4. The van der Waals surface area contributed by atoms with Crippen LogP contribution in [-0.4, -0.2) is 37.0 Å². The van der Waals surface area contributed by atoms with Crippen molar-refractivity contribution in [3.8, 4) is 0 Å². The van der Waals surface area contributed by atoms with Gasteiger partial charge in [0.2, 0.25) is 0 Å². The summed E-state index contributed by atoms with van der Waals surface area (Å²) >= 11 is 3.64. The normalized spacial score (nSPS) is 20.8. The SMILES string of the molecule is O=C(NCCN1CCCC1)C1=Cc2sc3c(c2CS1)CCCC3. The molecule has 1 saturated heterocycles. The van der Waals surface area contributed by atoms with Gasteiger partial charge in [-0.3, -0.25) is 4.79 Å². The van der Waals surface area contributed by atoms with E-state index < -0.39 is 0 Å². The third-order valence-corrected chi connectivity index (χ3v) is 7.41. The van der Waals surface area contributed by atoms with Gasteiger partial charge in [0.1, 0.15) is 0 Å². The number of thiophene rings is 1. The molecule has 2 aliphatic heterocycles. The van der Waals surface area contributed by atoms with E-state index in [1.165, 1.54) is 62.1 Å². The molecule has 23 heavy (non-hydrogen) atoms. The van der Waals surface area contributed by atoms with Crippen molar-refractivity contribution in [3.63, 3.8) is 0 Å². The van der Waals surface area contributed by atoms with Crippen LogP contribution in [0.2, 0.25) is 0 Å². The zero-order valence-corrected chi connectivity index (χ0v) is 15.2. The van der Waals surface area contributed by atoms with Gasteiger partial charge in [-0.15, -0.1) is 23.1 Å². The van der Waals surface area contributed by atoms with Crippen molar-refractivity contribution in [2.75, 3.05) is 26.2 Å². The minimum Gasteiger partial charge on any atom is -0.350 e. The summed E-state index contributed by atoms with van der Waals surface area (Å²) in [6.45, 7) is 4.14. The molecular weight excluding hydrogens is 324 g/mol. The van der Waals surface area contributed by atoms with Crippen LogP contribution in [0.3, 0.4) is 0 Å². The second-order valence-electron chi connectivity index (χ2n) is 6.66. The third-order valence-electron chi connectivity index (χ3n) is 5.08. The van der Waals surface area contributed by atoms with E-state index in [0.29, 0.717) is 0 Å². The lowest BCUT2D eigenvalue weighted by atomic mass is 9.95. The molecule has 5 heteroatoms. The fourth-order valence-electron chi connectivity index (χ4n) is 3.79. The molecule has 1 aliphatic carbocycles. The molecule has 1 amide bonds. The topological polar surface area (TPSA) is 32.3 Å². The van der Waals surface area contributed by atoms with Gasteiger partial charge in [0.15, 0.2) is 0 Å². The number of hydrogen-bond donors (Lipinski definition) is 1. The van der Waals surface area contributed by atoms with E-state index in [9.17, 15) is 4.79 Å². The van der Waals surface area contributed by atoms with Gasteiger partial charge in [-0.1, -0.05) is 0 Å². The highest BCUT2D eigenvalue weighted by atomic mass is 32.2. The zero-order valence-electron chi connectivity index (χ0n) is 13.5. The fourth-order valence-corrected chi connectivity index (χ4v) is 6.35.